The van der Waals surface area contributed by atoms with Crippen molar-refractivity contribution in [1.82, 2.24) is 5.32 Å². The van der Waals surface area contributed by atoms with Gasteiger partial charge in [0.05, 0.1) is 12.3 Å². The van der Waals surface area contributed by atoms with Crippen molar-refractivity contribution in [1.29, 1.82) is 0 Å². The summed E-state index contributed by atoms with van der Waals surface area (Å²) >= 11 is 0. The molecule has 1 rings (SSSR count). The second-order valence-electron chi connectivity index (χ2n) is 2.16. The number of carbonyl (C=O) groups excluding carboxylic acids is 1. The second kappa shape index (κ2) is 4.38. The number of carbonyl (C=O) groups is 1. The first-order valence-electron chi connectivity index (χ1n) is 3.74. The summed E-state index contributed by atoms with van der Waals surface area (Å²) in [5, 5.41) is 3.57. The molecule has 0 heterocycles. The first kappa shape index (κ1) is 8.59. The lowest BCUT2D eigenvalue weighted by atomic mass is 10.3. The minimum atomic E-state index is 0.523. The van der Waals surface area contributed by atoms with Crippen molar-refractivity contribution in [2.24, 2.45) is 0 Å². The largest absolute Gasteiger partial charge is 0.494 e. The van der Waals surface area contributed by atoms with Gasteiger partial charge in [-0.3, -0.25) is 4.79 Å². The van der Waals surface area contributed by atoms with E-state index in [0.717, 1.165) is 5.75 Å². The Morgan fingerprint density at radius 3 is 2.58 bits per heavy atom. The van der Waals surface area contributed by atoms with E-state index in [0.29, 0.717) is 18.7 Å². The third kappa shape index (κ3) is 2.27. The lowest BCUT2D eigenvalue weighted by molar-refractivity contribution is -0.108. The second-order valence-corrected chi connectivity index (χ2v) is 2.16. The summed E-state index contributed by atoms with van der Waals surface area (Å²) in [4.78, 5) is 9.99. The molecule has 1 aromatic carbocycles. The Morgan fingerprint density at radius 2 is 2.08 bits per heavy atom. The average Bonchev–Trinajstić information content (AvgIpc) is 2.09. The fraction of sp³-hybridized carbons (Fsp3) is 0.222. The number of hydrogen-bond donors (Lipinski definition) is 0. The molecule has 0 bridgehead atoms. The SMILES string of the molecule is CCOc1ccc([N]C=O)cc1. The first-order valence-corrected chi connectivity index (χ1v) is 3.74. The van der Waals surface area contributed by atoms with Crippen LogP contribution in [0, 0.1) is 0 Å². The van der Waals surface area contributed by atoms with Gasteiger partial charge in [0.25, 0.3) is 0 Å². The Kier molecular flexibility index (Phi) is 3.14. The van der Waals surface area contributed by atoms with Crippen LogP contribution in [0.5, 0.6) is 5.75 Å². The van der Waals surface area contributed by atoms with E-state index >= 15 is 0 Å². The van der Waals surface area contributed by atoms with Crippen LogP contribution in [0.1, 0.15) is 6.92 Å². The topological polar surface area (TPSA) is 40.4 Å². The smallest absolute Gasteiger partial charge is 0.233 e. The van der Waals surface area contributed by atoms with Gasteiger partial charge in [-0.15, -0.1) is 0 Å². The Morgan fingerprint density at radius 1 is 1.42 bits per heavy atom. The molecule has 0 aliphatic rings. The lowest BCUT2D eigenvalue weighted by Gasteiger charge is -2.02. The van der Waals surface area contributed by atoms with Gasteiger partial charge in [0.2, 0.25) is 6.41 Å². The van der Waals surface area contributed by atoms with Crippen LogP contribution in [0.25, 0.3) is 0 Å². The molecule has 0 N–H and O–H groups in total. The molecular formula is C9H10NO2. The van der Waals surface area contributed by atoms with Gasteiger partial charge >= 0.3 is 0 Å². The van der Waals surface area contributed by atoms with E-state index in [2.05, 4.69) is 5.32 Å². The normalized spacial score (nSPS) is 9.08. The molecule has 3 heteroatoms. The summed E-state index contributed by atoms with van der Waals surface area (Å²) in [7, 11) is 0. The van der Waals surface area contributed by atoms with E-state index in [1.807, 2.05) is 6.92 Å². The third-order valence-electron chi connectivity index (χ3n) is 1.35. The van der Waals surface area contributed by atoms with Crippen molar-refractivity contribution >= 4 is 12.1 Å². The van der Waals surface area contributed by atoms with Crippen molar-refractivity contribution in [3.63, 3.8) is 0 Å². The molecule has 0 fully saturated rings. The fourth-order valence-electron chi connectivity index (χ4n) is 0.856. The summed E-state index contributed by atoms with van der Waals surface area (Å²) in [5.41, 5.74) is 0.647. The number of amides is 1. The molecule has 0 saturated carbocycles. The highest BCUT2D eigenvalue weighted by atomic mass is 16.5. The minimum Gasteiger partial charge on any atom is -0.494 e. The molecule has 0 spiro atoms. The Labute approximate surface area is 71.4 Å². The summed E-state index contributed by atoms with van der Waals surface area (Å²) in [6.45, 7) is 2.56. The number of hydrogen-bond acceptors (Lipinski definition) is 2. The van der Waals surface area contributed by atoms with E-state index in [9.17, 15) is 4.79 Å². The predicted octanol–water partition coefficient (Wildman–Crippen LogP) is 1.48. The highest BCUT2D eigenvalue weighted by Gasteiger charge is 1.93. The molecule has 1 radical (unpaired) electrons. The van der Waals surface area contributed by atoms with E-state index in [4.69, 9.17) is 4.74 Å². The molecule has 0 aliphatic heterocycles. The van der Waals surface area contributed by atoms with Crippen LogP contribution in [-0.4, -0.2) is 13.0 Å². The molecule has 0 aromatic heterocycles. The van der Waals surface area contributed by atoms with Crippen molar-refractivity contribution in [2.45, 2.75) is 6.92 Å². The average molecular weight is 164 g/mol. The molecule has 1 aromatic rings. The monoisotopic (exact) mass is 164 g/mol. The lowest BCUT2D eigenvalue weighted by Crippen LogP contribution is -1.93. The maximum absolute atomic E-state index is 9.99. The van der Waals surface area contributed by atoms with Gasteiger partial charge in [0, 0.05) is 0 Å². The van der Waals surface area contributed by atoms with Gasteiger partial charge in [-0.05, 0) is 31.2 Å². The van der Waals surface area contributed by atoms with E-state index in [1.54, 1.807) is 24.3 Å². The zero-order valence-corrected chi connectivity index (χ0v) is 6.86. The van der Waals surface area contributed by atoms with Crippen LogP contribution in [-0.2, 0) is 4.79 Å². The quantitative estimate of drug-likeness (QED) is 0.632. The molecule has 0 saturated heterocycles. The van der Waals surface area contributed by atoms with E-state index in [1.165, 1.54) is 0 Å². The highest BCUT2D eigenvalue weighted by molar-refractivity contribution is 5.58. The number of benzene rings is 1. The van der Waals surface area contributed by atoms with Crippen molar-refractivity contribution in [3.8, 4) is 5.75 Å². The van der Waals surface area contributed by atoms with Crippen LogP contribution < -0.4 is 10.1 Å². The van der Waals surface area contributed by atoms with Crippen LogP contribution in [0.2, 0.25) is 0 Å². The summed E-state index contributed by atoms with van der Waals surface area (Å²) in [6, 6.07) is 7.04. The molecule has 1 amide bonds. The molecule has 0 unspecified atom stereocenters. The van der Waals surface area contributed by atoms with Gasteiger partial charge in [0.1, 0.15) is 5.75 Å². The molecular weight excluding hydrogens is 154 g/mol. The number of rotatable bonds is 4. The number of ether oxygens (including phenoxy) is 1. The molecule has 3 nitrogen and oxygen atoms in total. The van der Waals surface area contributed by atoms with Crippen LogP contribution in [0.4, 0.5) is 5.69 Å². The predicted molar refractivity (Wildman–Crippen MR) is 45.5 cm³/mol. The standard InChI is InChI=1S/C9H10NO2/c1-2-12-9-5-3-8(4-6-9)10-7-11/h3-7H,2H2,1H3. The summed E-state index contributed by atoms with van der Waals surface area (Å²) in [6.07, 6.45) is 0.523. The fourth-order valence-corrected chi connectivity index (χ4v) is 0.856. The van der Waals surface area contributed by atoms with Crippen LogP contribution >= 0.6 is 0 Å². The molecule has 12 heavy (non-hydrogen) atoms. The zero-order valence-electron chi connectivity index (χ0n) is 6.86. The summed E-state index contributed by atoms with van der Waals surface area (Å²) < 4.78 is 5.21. The van der Waals surface area contributed by atoms with Gasteiger partial charge in [0.15, 0.2) is 0 Å². The Balaban J connectivity index is 2.64. The maximum atomic E-state index is 9.99. The van der Waals surface area contributed by atoms with Gasteiger partial charge in [-0.1, -0.05) is 0 Å². The van der Waals surface area contributed by atoms with Crippen LogP contribution in [0.15, 0.2) is 24.3 Å². The zero-order chi connectivity index (χ0) is 8.81. The van der Waals surface area contributed by atoms with Crippen molar-refractivity contribution < 1.29 is 9.53 Å². The van der Waals surface area contributed by atoms with Crippen molar-refractivity contribution in [3.05, 3.63) is 24.3 Å². The summed E-state index contributed by atoms with van der Waals surface area (Å²) in [5.74, 6) is 0.794. The minimum absolute atomic E-state index is 0.523. The molecule has 63 valence electrons. The third-order valence-corrected chi connectivity index (χ3v) is 1.35. The van der Waals surface area contributed by atoms with Gasteiger partial charge in [-0.2, -0.15) is 0 Å². The highest BCUT2D eigenvalue weighted by Crippen LogP contribution is 2.14. The molecule has 0 atom stereocenters. The van der Waals surface area contributed by atoms with Gasteiger partial charge in [-0.25, -0.2) is 5.32 Å². The van der Waals surface area contributed by atoms with E-state index < -0.39 is 0 Å². The van der Waals surface area contributed by atoms with Gasteiger partial charge < -0.3 is 4.74 Å². The Bertz CT molecular complexity index is 243. The van der Waals surface area contributed by atoms with Crippen LogP contribution in [0.3, 0.4) is 0 Å². The maximum Gasteiger partial charge on any atom is 0.233 e. The first-order chi connectivity index (χ1) is 5.86. The number of nitrogens with zero attached hydrogens (tertiary/aromatic N) is 1. The van der Waals surface area contributed by atoms with E-state index in [-0.39, 0.29) is 0 Å². The van der Waals surface area contributed by atoms with Crippen molar-refractivity contribution in [2.75, 3.05) is 6.61 Å². The molecule has 0 aliphatic carbocycles. The Hall–Kier alpha value is -1.51.